The molecule has 0 spiro atoms. The molecular formula is C20H20INO2STe. The van der Waals surface area contributed by atoms with Crippen molar-refractivity contribution in [3.63, 3.8) is 0 Å². The van der Waals surface area contributed by atoms with E-state index in [1.807, 2.05) is 79.7 Å². The second-order valence-corrected chi connectivity index (χ2v) is 14.2. The number of benzene rings is 3. The molecule has 3 aromatic carbocycles. The molecule has 0 aliphatic carbocycles. The molecule has 0 radical (unpaired) electrons. The summed E-state index contributed by atoms with van der Waals surface area (Å²) in [5.41, 5.74) is 1.05. The van der Waals surface area contributed by atoms with Crippen LogP contribution in [-0.4, -0.2) is 37.8 Å². The van der Waals surface area contributed by atoms with Crippen LogP contribution in [0.3, 0.4) is 0 Å². The molecule has 3 nitrogen and oxygen atoms in total. The first-order valence-electron chi connectivity index (χ1n) is 7.90. The number of sulfonamides is 1. The molecule has 0 amide bonds. The van der Waals surface area contributed by atoms with Crippen LogP contribution in [0.4, 0.5) is 0 Å². The summed E-state index contributed by atoms with van der Waals surface area (Å²) in [6.45, 7) is 1.95. The van der Waals surface area contributed by atoms with Crippen LogP contribution in [0.5, 0.6) is 0 Å². The molecular weight excluding hydrogens is 573 g/mol. The van der Waals surface area contributed by atoms with Gasteiger partial charge in [-0.05, 0) is 0 Å². The van der Waals surface area contributed by atoms with Crippen LogP contribution >= 0.6 is 0 Å². The first-order chi connectivity index (χ1) is 12.0. The molecule has 0 N–H and O–H groups in total. The number of aryl methyl sites for hydroxylation is 1. The fraction of sp³-hybridized carbons (Fsp3) is 0.100. The minimum atomic E-state index is -3.54. The van der Waals surface area contributed by atoms with Crippen LogP contribution in [0.2, 0.25) is 0 Å². The van der Waals surface area contributed by atoms with Gasteiger partial charge in [-0.1, -0.05) is 0 Å². The molecule has 0 fully saturated rings. The Morgan fingerprint density at radius 1 is 0.731 bits per heavy atom. The Bertz CT molecular complexity index is 893. The number of halogens is 1. The van der Waals surface area contributed by atoms with Gasteiger partial charge in [0.05, 0.1) is 0 Å². The van der Waals surface area contributed by atoms with Gasteiger partial charge in [0, 0.05) is 0 Å². The maximum Gasteiger partial charge on any atom is -1.00 e. The van der Waals surface area contributed by atoms with Gasteiger partial charge in [0.15, 0.2) is 0 Å². The van der Waals surface area contributed by atoms with Crippen molar-refractivity contribution in [2.24, 2.45) is 0 Å². The molecule has 0 atom stereocenters. The topological polar surface area (TPSA) is 37.4 Å². The van der Waals surface area contributed by atoms with Crippen LogP contribution < -0.4 is 31.2 Å². The first kappa shape index (κ1) is 21.4. The van der Waals surface area contributed by atoms with E-state index in [1.165, 1.54) is 0 Å². The number of hydrogen-bond acceptors (Lipinski definition) is 2. The fourth-order valence-corrected chi connectivity index (χ4v) is 11.9. The van der Waals surface area contributed by atoms with E-state index in [-0.39, 0.29) is 24.0 Å². The Hall–Kier alpha value is -0.910. The van der Waals surface area contributed by atoms with E-state index in [4.69, 9.17) is 0 Å². The first-order valence-corrected chi connectivity index (χ1v) is 12.7. The van der Waals surface area contributed by atoms with Gasteiger partial charge in [-0.3, -0.25) is 0 Å². The summed E-state index contributed by atoms with van der Waals surface area (Å²) >= 11 is -2.49. The normalized spacial score (nSPS) is 11.4. The Kier molecular flexibility index (Phi) is 7.68. The average molecular weight is 593 g/mol. The number of nitrogens with zero attached hydrogens (tertiary/aromatic N) is 1. The van der Waals surface area contributed by atoms with Crippen LogP contribution in [0.1, 0.15) is 5.56 Å². The fourth-order valence-electron chi connectivity index (χ4n) is 2.49. The Morgan fingerprint density at radius 3 is 1.58 bits per heavy atom. The zero-order chi connectivity index (χ0) is 17.9. The monoisotopic (exact) mass is 595 g/mol. The average Bonchev–Trinajstić information content (AvgIpc) is 2.64. The molecule has 0 unspecified atom stereocenters. The van der Waals surface area contributed by atoms with Crippen LogP contribution in [0, 0.1) is 6.92 Å². The van der Waals surface area contributed by atoms with E-state index >= 15 is 0 Å². The van der Waals surface area contributed by atoms with Gasteiger partial charge >= 0.3 is 157 Å². The van der Waals surface area contributed by atoms with Gasteiger partial charge in [0.2, 0.25) is 0 Å². The van der Waals surface area contributed by atoms with E-state index in [0.29, 0.717) is 4.90 Å². The smallest absolute Gasteiger partial charge is 1.00 e. The molecule has 0 aromatic heterocycles. The van der Waals surface area contributed by atoms with Crippen molar-refractivity contribution >= 4 is 37.1 Å². The third kappa shape index (κ3) is 4.68. The van der Waals surface area contributed by atoms with E-state index in [9.17, 15) is 8.42 Å². The molecule has 3 rings (SSSR count). The van der Waals surface area contributed by atoms with Crippen molar-refractivity contribution < 1.29 is 32.4 Å². The van der Waals surface area contributed by atoms with Crippen LogP contribution in [0.15, 0.2) is 89.8 Å². The van der Waals surface area contributed by atoms with E-state index in [1.54, 1.807) is 21.7 Å². The minimum absolute atomic E-state index is 0. The summed E-state index contributed by atoms with van der Waals surface area (Å²) < 4.78 is 30.2. The molecule has 6 heteroatoms. The zero-order valence-electron chi connectivity index (χ0n) is 14.5. The summed E-state index contributed by atoms with van der Waals surface area (Å²) in [6, 6.07) is 27.0. The second kappa shape index (κ2) is 9.34. The van der Waals surface area contributed by atoms with Crippen molar-refractivity contribution in [3.05, 3.63) is 90.5 Å². The van der Waals surface area contributed by atoms with Crippen molar-refractivity contribution in [2.45, 2.75) is 11.8 Å². The van der Waals surface area contributed by atoms with Crippen LogP contribution in [0.25, 0.3) is 0 Å². The summed E-state index contributed by atoms with van der Waals surface area (Å²) in [6.07, 6.45) is 0. The molecule has 3 aromatic rings. The predicted molar refractivity (Wildman–Crippen MR) is 104 cm³/mol. The Labute approximate surface area is 180 Å². The summed E-state index contributed by atoms with van der Waals surface area (Å²) in [4.78, 5) is 0.346. The third-order valence-electron chi connectivity index (χ3n) is 3.85. The van der Waals surface area contributed by atoms with Crippen molar-refractivity contribution in [3.8, 4) is 0 Å². The number of hydrogen-bond donors (Lipinski definition) is 0. The molecule has 26 heavy (non-hydrogen) atoms. The van der Waals surface area contributed by atoms with Gasteiger partial charge < -0.3 is 24.0 Å². The Balaban J connectivity index is 0.00000243. The zero-order valence-corrected chi connectivity index (χ0v) is 19.8. The molecule has 136 valence electrons. The molecule has 0 saturated heterocycles. The van der Waals surface area contributed by atoms with E-state index in [0.717, 1.165) is 12.8 Å². The summed E-state index contributed by atoms with van der Waals surface area (Å²) in [5.74, 6) is 0. The molecule has 0 bridgehead atoms. The maximum atomic E-state index is 13.2. The summed E-state index contributed by atoms with van der Waals surface area (Å²) in [7, 11) is -1.83. The standard InChI is InChI=1S/C20H20NO2STe.HI/c1-17-13-15-18(16-14-17)24(22,23)21(2)25(19-9-5-3-6-10-19)20-11-7-4-8-12-20;/h3-16H,1-2H3;1H/q+1;/p-1. The molecule has 0 aliphatic heterocycles. The minimum Gasteiger partial charge on any atom is -1.00 e. The van der Waals surface area contributed by atoms with E-state index in [2.05, 4.69) is 0 Å². The molecule has 0 aliphatic rings. The third-order valence-corrected chi connectivity index (χ3v) is 13.6. The van der Waals surface area contributed by atoms with Crippen molar-refractivity contribution in [1.29, 1.82) is 0 Å². The van der Waals surface area contributed by atoms with E-state index < -0.39 is 29.8 Å². The summed E-state index contributed by atoms with van der Waals surface area (Å²) in [5, 5.41) is 0. The van der Waals surface area contributed by atoms with Crippen molar-refractivity contribution in [1.82, 2.24) is 2.56 Å². The van der Waals surface area contributed by atoms with Gasteiger partial charge in [-0.2, -0.15) is 0 Å². The maximum absolute atomic E-state index is 13.2. The molecule has 0 heterocycles. The largest absolute Gasteiger partial charge is 1.00 e. The SMILES string of the molecule is Cc1ccc(S(=O)(=O)N(C)[Te+](c2ccccc2)c2ccccc2)cc1.[I-]. The van der Waals surface area contributed by atoms with Crippen LogP contribution in [-0.2, 0) is 10.0 Å². The molecule has 0 saturated carbocycles. The second-order valence-electron chi connectivity index (χ2n) is 5.64. The van der Waals surface area contributed by atoms with Crippen molar-refractivity contribution in [2.75, 3.05) is 7.05 Å². The predicted octanol–water partition coefficient (Wildman–Crippen LogP) is -0.575. The van der Waals surface area contributed by atoms with Gasteiger partial charge in [-0.25, -0.2) is 0 Å². The Morgan fingerprint density at radius 2 is 1.15 bits per heavy atom. The van der Waals surface area contributed by atoms with Gasteiger partial charge in [0.25, 0.3) is 0 Å². The quantitative estimate of drug-likeness (QED) is 0.294. The van der Waals surface area contributed by atoms with Gasteiger partial charge in [0.1, 0.15) is 0 Å². The number of rotatable bonds is 5. The van der Waals surface area contributed by atoms with Gasteiger partial charge in [-0.15, -0.1) is 0 Å².